The van der Waals surface area contributed by atoms with Crippen LogP contribution in [0.25, 0.3) is 5.65 Å². The number of aromatic hydroxyl groups is 1. The highest BCUT2D eigenvalue weighted by atomic mass is 16.3. The number of pyridine rings is 1. The van der Waals surface area contributed by atoms with Crippen molar-refractivity contribution < 1.29 is 15.0 Å². The largest absolute Gasteiger partial charge is 0.504 e. The van der Waals surface area contributed by atoms with Gasteiger partial charge in [0.25, 0.3) is 0 Å². The van der Waals surface area contributed by atoms with E-state index in [1.165, 1.54) is 0 Å². The van der Waals surface area contributed by atoms with Crippen molar-refractivity contribution in [3.8, 4) is 5.75 Å². The Balaban J connectivity index is 2.27. The number of imidazole rings is 1. The number of aromatic nitrogens is 2. The Morgan fingerprint density at radius 1 is 1.48 bits per heavy atom. The highest BCUT2D eigenvalue weighted by molar-refractivity contribution is 5.96. The molecule has 2 heterocycles. The zero-order chi connectivity index (χ0) is 15.4. The Morgan fingerprint density at radius 3 is 2.90 bits per heavy atom. The zero-order valence-electron chi connectivity index (χ0n) is 12.5. The number of fused-ring (bicyclic) bond motifs is 1. The zero-order valence-corrected chi connectivity index (χ0v) is 12.5. The second kappa shape index (κ2) is 6.72. The number of carbonyl (C=O) groups excluding carboxylic acids is 1. The van der Waals surface area contributed by atoms with Gasteiger partial charge in [0.2, 0.25) is 0 Å². The van der Waals surface area contributed by atoms with Crippen LogP contribution in [0.15, 0.2) is 18.3 Å². The molecule has 5 heteroatoms. The Morgan fingerprint density at radius 2 is 2.24 bits per heavy atom. The highest BCUT2D eigenvalue weighted by Crippen LogP contribution is 2.23. The van der Waals surface area contributed by atoms with Crippen LogP contribution in [0.3, 0.4) is 0 Å². The van der Waals surface area contributed by atoms with Crippen LogP contribution in [0.1, 0.15) is 48.8 Å². The van der Waals surface area contributed by atoms with Gasteiger partial charge in [0.05, 0.1) is 5.69 Å². The van der Waals surface area contributed by atoms with E-state index in [-0.39, 0.29) is 24.1 Å². The van der Waals surface area contributed by atoms with Gasteiger partial charge < -0.3 is 10.2 Å². The number of unbranched alkanes of at least 4 members (excludes halogenated alkanes) is 1. The summed E-state index contributed by atoms with van der Waals surface area (Å²) in [5, 5.41) is 19.2. The van der Waals surface area contributed by atoms with Crippen LogP contribution in [-0.4, -0.2) is 32.0 Å². The van der Waals surface area contributed by atoms with Gasteiger partial charge >= 0.3 is 0 Å². The van der Waals surface area contributed by atoms with Gasteiger partial charge in [-0.1, -0.05) is 19.8 Å². The number of rotatable bonds is 7. The van der Waals surface area contributed by atoms with Gasteiger partial charge in [-0.05, 0) is 31.4 Å². The summed E-state index contributed by atoms with van der Waals surface area (Å²) >= 11 is 0. The number of aliphatic hydroxyl groups is 1. The summed E-state index contributed by atoms with van der Waals surface area (Å²) in [7, 11) is 0. The number of ketones is 1. The Hall–Kier alpha value is -1.88. The maximum absolute atomic E-state index is 12.5. The lowest BCUT2D eigenvalue weighted by molar-refractivity contribution is 0.0923. The Bertz CT molecular complexity index is 634. The lowest BCUT2D eigenvalue weighted by Gasteiger charge is -2.12. The van der Waals surface area contributed by atoms with Crippen molar-refractivity contribution in [3.05, 3.63) is 29.7 Å². The fourth-order valence-corrected chi connectivity index (χ4v) is 2.61. The number of carbonyl (C=O) groups is 1. The van der Waals surface area contributed by atoms with Crippen LogP contribution >= 0.6 is 0 Å². The Labute approximate surface area is 124 Å². The summed E-state index contributed by atoms with van der Waals surface area (Å²) in [6.45, 7) is 3.88. The monoisotopic (exact) mass is 290 g/mol. The van der Waals surface area contributed by atoms with Gasteiger partial charge in [-0.2, -0.15) is 0 Å². The number of Topliss-reactive ketones (excluding diaryl/α,β-unsaturated/α-hetero) is 1. The van der Waals surface area contributed by atoms with Gasteiger partial charge in [0.15, 0.2) is 17.2 Å². The third-order valence-electron chi connectivity index (χ3n) is 3.77. The van der Waals surface area contributed by atoms with Crippen LogP contribution in [0.2, 0.25) is 0 Å². The fraction of sp³-hybridized carbons (Fsp3) is 0.500. The van der Waals surface area contributed by atoms with Crippen LogP contribution in [0, 0.1) is 12.8 Å². The van der Waals surface area contributed by atoms with E-state index in [1.807, 2.05) is 0 Å². The van der Waals surface area contributed by atoms with Crippen LogP contribution < -0.4 is 0 Å². The molecule has 5 nitrogen and oxygen atoms in total. The standard InChI is InChI=1S/C16H22N2O3/c1-3-4-6-12(10-19)9-14(21)15-11(2)17-16-13(20)7-5-8-18(15)16/h5,7-8,12,19-20H,3-4,6,9-10H2,1-2H3/t12-/m0/s1. The van der Waals surface area contributed by atoms with Crippen molar-refractivity contribution in [2.45, 2.75) is 39.5 Å². The first-order valence-corrected chi connectivity index (χ1v) is 7.39. The maximum atomic E-state index is 12.5. The van der Waals surface area contributed by atoms with Crippen molar-refractivity contribution in [1.82, 2.24) is 9.38 Å². The molecular weight excluding hydrogens is 268 g/mol. The molecule has 0 aliphatic carbocycles. The first-order chi connectivity index (χ1) is 10.1. The highest BCUT2D eigenvalue weighted by Gasteiger charge is 2.21. The molecule has 0 fully saturated rings. The second-order valence-electron chi connectivity index (χ2n) is 5.45. The quantitative estimate of drug-likeness (QED) is 0.769. The van der Waals surface area contributed by atoms with E-state index in [2.05, 4.69) is 11.9 Å². The maximum Gasteiger partial charge on any atom is 0.181 e. The molecule has 0 aliphatic heterocycles. The molecular formula is C16H22N2O3. The molecule has 0 unspecified atom stereocenters. The minimum atomic E-state index is -0.0410. The SMILES string of the molecule is CCCC[C@H](CO)CC(=O)c1c(C)nc2c(O)cccn12. The molecule has 0 aromatic carbocycles. The average molecular weight is 290 g/mol. The minimum absolute atomic E-state index is 0.0142. The topological polar surface area (TPSA) is 74.8 Å². The van der Waals surface area contributed by atoms with E-state index in [9.17, 15) is 15.0 Å². The number of aryl methyl sites for hydroxylation is 1. The number of nitrogens with zero attached hydrogens (tertiary/aromatic N) is 2. The molecule has 0 spiro atoms. The normalized spacial score (nSPS) is 12.7. The summed E-state index contributed by atoms with van der Waals surface area (Å²) in [5.41, 5.74) is 1.50. The number of hydrogen-bond acceptors (Lipinski definition) is 4. The van der Waals surface area contributed by atoms with E-state index in [1.54, 1.807) is 29.7 Å². The van der Waals surface area contributed by atoms with Gasteiger partial charge in [0.1, 0.15) is 5.69 Å². The van der Waals surface area contributed by atoms with Crippen molar-refractivity contribution in [3.63, 3.8) is 0 Å². The van der Waals surface area contributed by atoms with E-state index in [0.29, 0.717) is 23.5 Å². The lowest BCUT2D eigenvalue weighted by atomic mass is 9.95. The predicted molar refractivity (Wildman–Crippen MR) is 80.6 cm³/mol. The molecule has 2 N–H and O–H groups in total. The van der Waals surface area contributed by atoms with E-state index >= 15 is 0 Å². The van der Waals surface area contributed by atoms with E-state index in [4.69, 9.17) is 0 Å². The van der Waals surface area contributed by atoms with Crippen LogP contribution in [-0.2, 0) is 0 Å². The minimum Gasteiger partial charge on any atom is -0.504 e. The fourth-order valence-electron chi connectivity index (χ4n) is 2.61. The number of aliphatic hydroxyl groups excluding tert-OH is 1. The van der Waals surface area contributed by atoms with Gasteiger partial charge in [-0.25, -0.2) is 4.98 Å². The predicted octanol–water partition coefficient (Wildman–Crippen LogP) is 2.72. The molecule has 0 saturated carbocycles. The van der Waals surface area contributed by atoms with Gasteiger partial charge in [-0.15, -0.1) is 0 Å². The summed E-state index contributed by atoms with van der Waals surface area (Å²) in [6, 6.07) is 3.23. The molecule has 114 valence electrons. The molecule has 0 amide bonds. The first kappa shape index (κ1) is 15.5. The second-order valence-corrected chi connectivity index (χ2v) is 5.45. The van der Waals surface area contributed by atoms with Gasteiger partial charge in [-0.3, -0.25) is 9.20 Å². The molecule has 2 aromatic rings. The van der Waals surface area contributed by atoms with Crippen molar-refractivity contribution in [2.75, 3.05) is 6.61 Å². The third kappa shape index (κ3) is 3.24. The molecule has 2 aromatic heterocycles. The smallest absolute Gasteiger partial charge is 0.181 e. The number of hydrogen-bond donors (Lipinski definition) is 2. The van der Waals surface area contributed by atoms with Crippen LogP contribution in [0.4, 0.5) is 0 Å². The molecule has 2 rings (SSSR count). The van der Waals surface area contributed by atoms with Crippen molar-refractivity contribution in [2.24, 2.45) is 5.92 Å². The van der Waals surface area contributed by atoms with Crippen LogP contribution in [0.5, 0.6) is 5.75 Å². The average Bonchev–Trinajstić information content (AvgIpc) is 2.81. The first-order valence-electron chi connectivity index (χ1n) is 7.39. The summed E-state index contributed by atoms with van der Waals surface area (Å²) in [5.74, 6) is 0.00445. The van der Waals surface area contributed by atoms with Crippen molar-refractivity contribution in [1.29, 1.82) is 0 Å². The van der Waals surface area contributed by atoms with Gasteiger partial charge in [0, 0.05) is 19.2 Å². The Kier molecular flexibility index (Phi) is 4.96. The summed E-state index contributed by atoms with van der Waals surface area (Å²) in [6.07, 6.45) is 4.93. The summed E-state index contributed by atoms with van der Waals surface area (Å²) in [4.78, 5) is 16.8. The molecule has 0 bridgehead atoms. The lowest BCUT2D eigenvalue weighted by Crippen LogP contribution is -2.15. The van der Waals surface area contributed by atoms with Crippen molar-refractivity contribution >= 4 is 11.4 Å². The molecule has 0 aliphatic rings. The van der Waals surface area contributed by atoms with E-state index < -0.39 is 0 Å². The third-order valence-corrected chi connectivity index (χ3v) is 3.77. The molecule has 0 saturated heterocycles. The molecule has 21 heavy (non-hydrogen) atoms. The summed E-state index contributed by atoms with van der Waals surface area (Å²) < 4.78 is 1.63. The molecule has 1 atom stereocenters. The molecule has 0 radical (unpaired) electrons. The van der Waals surface area contributed by atoms with E-state index in [0.717, 1.165) is 19.3 Å².